The molecule has 2 heterocycles. The monoisotopic (exact) mass is 232 g/mol. The van der Waals surface area contributed by atoms with Crippen molar-refractivity contribution >= 4 is 0 Å². The molecule has 0 aliphatic carbocycles. The Balaban J connectivity index is 2.09. The molecule has 0 saturated carbocycles. The minimum absolute atomic E-state index is 0.204. The Hall–Kier alpha value is -1.81. The lowest BCUT2D eigenvalue weighted by molar-refractivity contribution is 0.256. The predicted molar refractivity (Wildman–Crippen MR) is 64.8 cm³/mol. The van der Waals surface area contributed by atoms with Gasteiger partial charge in [-0.15, -0.1) is 0 Å². The van der Waals surface area contributed by atoms with E-state index in [-0.39, 0.29) is 6.04 Å². The van der Waals surface area contributed by atoms with Gasteiger partial charge in [-0.05, 0) is 32.2 Å². The SMILES string of the molecule is CNC(C)c1cccnc1OCc1ccco1. The Bertz CT molecular complexity index is 454. The van der Waals surface area contributed by atoms with Crippen molar-refractivity contribution in [2.75, 3.05) is 7.05 Å². The fourth-order valence-corrected chi connectivity index (χ4v) is 1.54. The molecule has 0 bridgehead atoms. The molecule has 4 nitrogen and oxygen atoms in total. The van der Waals surface area contributed by atoms with Crippen molar-refractivity contribution in [3.05, 3.63) is 48.0 Å². The minimum Gasteiger partial charge on any atom is -0.469 e. The number of hydrogen-bond donors (Lipinski definition) is 1. The Labute approximate surface area is 101 Å². The lowest BCUT2D eigenvalue weighted by Crippen LogP contribution is -2.14. The molecule has 0 fully saturated rings. The molecule has 0 amide bonds. The summed E-state index contributed by atoms with van der Waals surface area (Å²) in [5, 5.41) is 3.17. The summed E-state index contributed by atoms with van der Waals surface area (Å²) in [5.41, 5.74) is 1.04. The van der Waals surface area contributed by atoms with E-state index in [0.717, 1.165) is 11.3 Å². The lowest BCUT2D eigenvalue weighted by Gasteiger charge is -2.14. The molecule has 2 aromatic rings. The van der Waals surface area contributed by atoms with Crippen LogP contribution in [0.2, 0.25) is 0 Å². The molecule has 0 aliphatic heterocycles. The van der Waals surface area contributed by atoms with Crippen LogP contribution in [0.15, 0.2) is 41.1 Å². The molecule has 90 valence electrons. The molecule has 2 aromatic heterocycles. The van der Waals surface area contributed by atoms with Crippen LogP contribution in [-0.2, 0) is 6.61 Å². The van der Waals surface area contributed by atoms with Gasteiger partial charge in [0.15, 0.2) is 0 Å². The van der Waals surface area contributed by atoms with Gasteiger partial charge in [0.2, 0.25) is 5.88 Å². The highest BCUT2D eigenvalue weighted by molar-refractivity contribution is 5.28. The Kier molecular flexibility index (Phi) is 3.77. The molecular weight excluding hydrogens is 216 g/mol. The van der Waals surface area contributed by atoms with Crippen LogP contribution < -0.4 is 10.1 Å². The van der Waals surface area contributed by atoms with Crippen LogP contribution in [0, 0.1) is 0 Å². The summed E-state index contributed by atoms with van der Waals surface area (Å²) in [4.78, 5) is 4.24. The second kappa shape index (κ2) is 5.50. The van der Waals surface area contributed by atoms with Crippen molar-refractivity contribution < 1.29 is 9.15 Å². The third-order valence-corrected chi connectivity index (χ3v) is 2.63. The van der Waals surface area contributed by atoms with Gasteiger partial charge in [-0.2, -0.15) is 0 Å². The van der Waals surface area contributed by atoms with Gasteiger partial charge in [0.1, 0.15) is 12.4 Å². The van der Waals surface area contributed by atoms with E-state index in [1.54, 1.807) is 12.5 Å². The number of aromatic nitrogens is 1. The Morgan fingerprint density at radius 3 is 3.00 bits per heavy atom. The average molecular weight is 232 g/mol. The summed E-state index contributed by atoms with van der Waals surface area (Å²) in [5.74, 6) is 1.43. The second-order valence-corrected chi connectivity index (χ2v) is 3.78. The van der Waals surface area contributed by atoms with Gasteiger partial charge in [-0.25, -0.2) is 4.98 Å². The number of nitrogens with zero attached hydrogens (tertiary/aromatic N) is 1. The van der Waals surface area contributed by atoms with Gasteiger partial charge >= 0.3 is 0 Å². The molecule has 1 N–H and O–H groups in total. The van der Waals surface area contributed by atoms with E-state index in [9.17, 15) is 0 Å². The van der Waals surface area contributed by atoms with Crippen LogP contribution in [0.5, 0.6) is 5.88 Å². The number of nitrogens with one attached hydrogen (secondary N) is 1. The summed E-state index contributed by atoms with van der Waals surface area (Å²) in [7, 11) is 1.91. The highest BCUT2D eigenvalue weighted by atomic mass is 16.5. The molecule has 0 aromatic carbocycles. The lowest BCUT2D eigenvalue weighted by atomic mass is 10.1. The normalized spacial score (nSPS) is 12.4. The van der Waals surface area contributed by atoms with E-state index in [2.05, 4.69) is 17.2 Å². The summed E-state index contributed by atoms with van der Waals surface area (Å²) in [6, 6.07) is 7.84. The third kappa shape index (κ3) is 2.85. The van der Waals surface area contributed by atoms with E-state index in [0.29, 0.717) is 12.5 Å². The summed E-state index contributed by atoms with van der Waals surface area (Å²) < 4.78 is 10.9. The van der Waals surface area contributed by atoms with Gasteiger partial charge in [0.05, 0.1) is 6.26 Å². The molecule has 1 atom stereocenters. The first-order valence-corrected chi connectivity index (χ1v) is 5.58. The Morgan fingerprint density at radius 2 is 2.29 bits per heavy atom. The van der Waals surface area contributed by atoms with Gasteiger partial charge in [0, 0.05) is 17.8 Å². The van der Waals surface area contributed by atoms with Crippen LogP contribution in [-0.4, -0.2) is 12.0 Å². The summed E-state index contributed by atoms with van der Waals surface area (Å²) in [6.45, 7) is 2.46. The number of hydrogen-bond acceptors (Lipinski definition) is 4. The zero-order chi connectivity index (χ0) is 12.1. The first kappa shape index (κ1) is 11.7. The van der Waals surface area contributed by atoms with E-state index < -0.39 is 0 Å². The van der Waals surface area contributed by atoms with Crippen LogP contribution >= 0.6 is 0 Å². The number of pyridine rings is 1. The number of furan rings is 1. The van der Waals surface area contributed by atoms with Crippen molar-refractivity contribution in [2.45, 2.75) is 19.6 Å². The van der Waals surface area contributed by atoms with Gasteiger partial charge in [-0.3, -0.25) is 0 Å². The topological polar surface area (TPSA) is 47.3 Å². The number of rotatable bonds is 5. The van der Waals surface area contributed by atoms with Crippen molar-refractivity contribution in [3.63, 3.8) is 0 Å². The molecule has 0 saturated heterocycles. The van der Waals surface area contributed by atoms with Crippen LogP contribution in [0.1, 0.15) is 24.3 Å². The maximum atomic E-state index is 5.66. The third-order valence-electron chi connectivity index (χ3n) is 2.63. The predicted octanol–water partition coefficient (Wildman–Crippen LogP) is 2.53. The largest absolute Gasteiger partial charge is 0.469 e. The van der Waals surface area contributed by atoms with E-state index in [4.69, 9.17) is 9.15 Å². The molecule has 0 radical (unpaired) electrons. The van der Waals surface area contributed by atoms with Gasteiger partial charge in [0.25, 0.3) is 0 Å². The highest BCUT2D eigenvalue weighted by Crippen LogP contribution is 2.22. The Morgan fingerprint density at radius 1 is 1.41 bits per heavy atom. The van der Waals surface area contributed by atoms with Crippen molar-refractivity contribution in [1.29, 1.82) is 0 Å². The van der Waals surface area contributed by atoms with Gasteiger partial charge in [-0.1, -0.05) is 6.07 Å². The van der Waals surface area contributed by atoms with E-state index in [1.165, 1.54) is 0 Å². The fourth-order valence-electron chi connectivity index (χ4n) is 1.54. The highest BCUT2D eigenvalue weighted by Gasteiger charge is 2.11. The molecule has 17 heavy (non-hydrogen) atoms. The van der Waals surface area contributed by atoms with E-state index >= 15 is 0 Å². The first-order chi connectivity index (χ1) is 8.31. The van der Waals surface area contributed by atoms with Crippen LogP contribution in [0.3, 0.4) is 0 Å². The molecule has 1 unspecified atom stereocenters. The van der Waals surface area contributed by atoms with Crippen molar-refractivity contribution in [3.8, 4) is 5.88 Å². The van der Waals surface area contributed by atoms with Crippen LogP contribution in [0.25, 0.3) is 0 Å². The smallest absolute Gasteiger partial charge is 0.218 e. The first-order valence-electron chi connectivity index (χ1n) is 5.58. The molecule has 2 rings (SSSR count). The zero-order valence-electron chi connectivity index (χ0n) is 10.0. The number of ether oxygens (including phenoxy) is 1. The zero-order valence-corrected chi connectivity index (χ0v) is 10.0. The maximum absolute atomic E-state index is 5.66. The van der Waals surface area contributed by atoms with Crippen LogP contribution in [0.4, 0.5) is 0 Å². The molecular formula is C13H16N2O2. The van der Waals surface area contributed by atoms with Gasteiger partial charge < -0.3 is 14.5 Å². The summed E-state index contributed by atoms with van der Waals surface area (Å²) in [6.07, 6.45) is 3.36. The van der Waals surface area contributed by atoms with Crippen molar-refractivity contribution in [1.82, 2.24) is 10.3 Å². The summed E-state index contributed by atoms with van der Waals surface area (Å²) >= 11 is 0. The van der Waals surface area contributed by atoms with Crippen molar-refractivity contribution in [2.24, 2.45) is 0 Å². The standard InChI is InChI=1S/C13H16N2O2/c1-10(14-2)12-6-3-7-15-13(12)17-9-11-5-4-8-16-11/h3-8,10,14H,9H2,1-2H3. The molecule has 0 spiro atoms. The molecule has 4 heteroatoms. The fraction of sp³-hybridized carbons (Fsp3) is 0.308. The molecule has 0 aliphatic rings. The van der Waals surface area contributed by atoms with E-state index in [1.807, 2.05) is 31.3 Å². The minimum atomic E-state index is 0.204. The second-order valence-electron chi connectivity index (χ2n) is 3.78. The maximum Gasteiger partial charge on any atom is 0.218 e. The average Bonchev–Trinajstić information content (AvgIpc) is 2.89. The quantitative estimate of drug-likeness (QED) is 0.860.